The van der Waals surface area contributed by atoms with E-state index in [-0.39, 0.29) is 46.2 Å². The fourth-order valence-corrected chi connectivity index (χ4v) is 7.40. The zero-order valence-electron chi connectivity index (χ0n) is 29.1. The van der Waals surface area contributed by atoms with E-state index in [1.165, 1.54) is 0 Å². The molecule has 0 aromatic carbocycles. The van der Waals surface area contributed by atoms with Gasteiger partial charge < -0.3 is 18.3 Å². The van der Waals surface area contributed by atoms with E-state index in [2.05, 4.69) is 108 Å². The van der Waals surface area contributed by atoms with E-state index < -0.39 is 16.6 Å². The molecule has 0 unspecified atom stereocenters. The average molecular weight is 599 g/mol. The van der Waals surface area contributed by atoms with Gasteiger partial charge in [-0.1, -0.05) is 80.5 Å². The van der Waals surface area contributed by atoms with Crippen LogP contribution in [0, 0.1) is 17.8 Å². The number of esters is 1. The van der Waals surface area contributed by atoms with Crippen LogP contribution < -0.4 is 0 Å². The van der Waals surface area contributed by atoms with Crippen molar-refractivity contribution in [3.8, 4) is 0 Å². The first-order chi connectivity index (χ1) is 18.2. The van der Waals surface area contributed by atoms with E-state index in [0.717, 1.165) is 19.3 Å². The van der Waals surface area contributed by atoms with Gasteiger partial charge in [-0.05, 0) is 75.3 Å². The van der Waals surface area contributed by atoms with E-state index >= 15 is 0 Å². The number of hydrogen-bond donors (Lipinski definition) is 0. The molecule has 0 amide bonds. The Morgan fingerprint density at radius 3 is 1.77 bits per heavy atom. The Bertz CT molecular complexity index is 792. The van der Waals surface area contributed by atoms with E-state index in [4.69, 9.17) is 18.3 Å². The van der Waals surface area contributed by atoms with Gasteiger partial charge in [0.15, 0.2) is 16.6 Å². The van der Waals surface area contributed by atoms with Crippen molar-refractivity contribution in [3.05, 3.63) is 24.3 Å². The highest BCUT2D eigenvalue weighted by Gasteiger charge is 2.45. The average Bonchev–Trinajstić information content (AvgIpc) is 2.81. The van der Waals surface area contributed by atoms with Crippen molar-refractivity contribution >= 4 is 22.6 Å². The summed E-state index contributed by atoms with van der Waals surface area (Å²) < 4.78 is 25.8. The zero-order chi connectivity index (χ0) is 31.5. The molecule has 0 rings (SSSR count). The van der Waals surface area contributed by atoms with Gasteiger partial charge in [-0.25, -0.2) is 4.79 Å². The van der Waals surface area contributed by atoms with Crippen molar-refractivity contribution in [2.45, 2.75) is 150 Å². The second kappa shape index (κ2) is 16.8. The third kappa shape index (κ3) is 12.2. The van der Waals surface area contributed by atoms with Crippen LogP contribution in [0.3, 0.4) is 0 Å². The molecule has 0 aromatic heterocycles. The maximum absolute atomic E-state index is 12.3. The number of ether oxygens (including phenoxy) is 2. The fourth-order valence-electron chi connectivity index (χ4n) is 4.60. The van der Waals surface area contributed by atoms with Crippen molar-refractivity contribution in [2.75, 3.05) is 13.7 Å². The van der Waals surface area contributed by atoms with Gasteiger partial charge in [0.05, 0.1) is 24.9 Å². The van der Waals surface area contributed by atoms with Gasteiger partial charge >= 0.3 is 5.97 Å². The largest absolute Gasteiger partial charge is 0.463 e. The molecule has 0 saturated heterocycles. The van der Waals surface area contributed by atoms with Gasteiger partial charge in [0.25, 0.3) is 0 Å². The Morgan fingerprint density at radius 2 is 1.38 bits per heavy atom. The van der Waals surface area contributed by atoms with Gasteiger partial charge in [0.1, 0.15) is 0 Å². The maximum Gasteiger partial charge on any atom is 0.330 e. The minimum absolute atomic E-state index is 0.0429. The Balaban J connectivity index is 6.74. The van der Waals surface area contributed by atoms with Crippen LogP contribution in [0.5, 0.6) is 0 Å². The Hall–Kier alpha value is -0.736. The molecule has 0 spiro atoms. The molecule has 7 heteroatoms. The molecule has 0 N–H and O–H groups in total. The summed E-state index contributed by atoms with van der Waals surface area (Å²) in [6.07, 6.45) is 10.4. The number of hydrogen-bond acceptors (Lipinski definition) is 5. The van der Waals surface area contributed by atoms with Crippen molar-refractivity contribution in [3.63, 3.8) is 0 Å². The van der Waals surface area contributed by atoms with Crippen LogP contribution in [0.2, 0.25) is 36.3 Å². The number of carbonyl (C=O) groups excluding carboxylic acids is 1. The lowest BCUT2D eigenvalue weighted by Crippen LogP contribution is -2.51. The lowest BCUT2D eigenvalue weighted by molar-refractivity contribution is -0.137. The van der Waals surface area contributed by atoms with Gasteiger partial charge in [-0.2, -0.15) is 0 Å². The van der Waals surface area contributed by atoms with Crippen LogP contribution in [0.15, 0.2) is 24.3 Å². The van der Waals surface area contributed by atoms with E-state index in [1.807, 2.05) is 20.1 Å². The molecule has 236 valence electrons. The van der Waals surface area contributed by atoms with E-state index in [0.29, 0.717) is 12.5 Å². The second-order valence-electron chi connectivity index (χ2n) is 14.6. The fraction of sp³-hybridized carbons (Fsp3) is 0.848. The highest BCUT2D eigenvalue weighted by Crippen LogP contribution is 2.43. The summed E-state index contributed by atoms with van der Waals surface area (Å²) in [7, 11) is -2.40. The molecule has 0 saturated carbocycles. The molecule has 0 heterocycles. The van der Waals surface area contributed by atoms with Crippen LogP contribution in [-0.2, 0) is 23.1 Å². The monoisotopic (exact) mass is 598 g/mol. The summed E-state index contributed by atoms with van der Waals surface area (Å²) in [5.41, 5.74) is 0. The molecular weight excluding hydrogens is 533 g/mol. The molecule has 0 aliphatic carbocycles. The first-order valence-electron chi connectivity index (χ1n) is 15.5. The van der Waals surface area contributed by atoms with Crippen LogP contribution in [0.1, 0.15) is 95.4 Å². The van der Waals surface area contributed by atoms with Gasteiger partial charge in [0, 0.05) is 25.0 Å². The summed E-state index contributed by atoms with van der Waals surface area (Å²) in [5.74, 6) is 0.285. The third-order valence-corrected chi connectivity index (χ3v) is 18.4. The molecule has 0 aromatic rings. The zero-order valence-corrected chi connectivity index (χ0v) is 31.1. The molecule has 0 aliphatic heterocycles. The van der Waals surface area contributed by atoms with Crippen molar-refractivity contribution in [1.82, 2.24) is 0 Å². The minimum atomic E-state index is -2.12. The van der Waals surface area contributed by atoms with Gasteiger partial charge in [0.2, 0.25) is 0 Å². The van der Waals surface area contributed by atoms with Crippen LogP contribution in [-0.4, -0.2) is 54.6 Å². The molecular formula is C33H66O5Si2. The topological polar surface area (TPSA) is 54.0 Å². The highest BCUT2D eigenvalue weighted by molar-refractivity contribution is 6.74. The Morgan fingerprint density at radius 1 is 0.875 bits per heavy atom. The summed E-state index contributed by atoms with van der Waals surface area (Å²) in [5, 5.41) is 0.139. The molecule has 0 bridgehead atoms. The lowest BCUT2D eigenvalue weighted by atomic mass is 9.83. The van der Waals surface area contributed by atoms with Gasteiger partial charge in [-0.15, -0.1) is 0 Å². The van der Waals surface area contributed by atoms with Crippen molar-refractivity contribution < 1.29 is 23.1 Å². The second-order valence-corrected chi connectivity index (χ2v) is 24.1. The molecule has 0 fully saturated rings. The van der Waals surface area contributed by atoms with E-state index in [9.17, 15) is 4.79 Å². The predicted octanol–water partition coefficient (Wildman–Crippen LogP) is 9.56. The molecule has 5 nitrogen and oxygen atoms in total. The maximum atomic E-state index is 12.3. The van der Waals surface area contributed by atoms with E-state index in [1.54, 1.807) is 6.08 Å². The number of carbonyl (C=O) groups is 1. The lowest BCUT2D eigenvalue weighted by Gasteiger charge is -2.46. The summed E-state index contributed by atoms with van der Waals surface area (Å²) >= 11 is 0. The first kappa shape index (κ1) is 39.3. The standard InChI is InChI=1S/C33H66O5Si2/c1-17-20-21-25(4)31(35-12)26(5)28(37-39(13,14)32(6,7)8)24-29(38-40(15,16)33(9,10)11)27(18-2)22-23-30(34)36-19-3/h17,20,22-23,25-29,31H,18-19,21,24H2,1-16H3/b20-17+,23-22+/t25-,26-,27+,28+,29+,31+/m0/s1. The summed E-state index contributed by atoms with van der Waals surface area (Å²) in [6, 6.07) is 0. The first-order valence-corrected chi connectivity index (χ1v) is 21.3. The normalized spacial score (nSPS) is 18.5. The number of allylic oxidation sites excluding steroid dienone is 2. The Labute approximate surface area is 251 Å². The highest BCUT2D eigenvalue weighted by atomic mass is 28.4. The van der Waals surface area contributed by atoms with Gasteiger partial charge in [-0.3, -0.25) is 0 Å². The van der Waals surface area contributed by atoms with Crippen LogP contribution >= 0.6 is 0 Å². The summed E-state index contributed by atoms with van der Waals surface area (Å²) in [4.78, 5) is 12.3. The number of rotatable bonds is 17. The van der Waals surface area contributed by atoms with Crippen molar-refractivity contribution in [1.29, 1.82) is 0 Å². The number of methoxy groups -OCH3 is 1. The SMILES string of the molecule is C/C=C/C[C@H](C)[C@@H](OC)[C@@H](C)[C@@H](C[C@@H](O[Si](C)(C)C(C)(C)C)[C@@H](/C=C/C(=O)OCC)CC)O[Si](C)(C)C(C)(C)C. The quantitative estimate of drug-likeness (QED) is 0.0722. The minimum Gasteiger partial charge on any atom is -0.463 e. The predicted molar refractivity (Wildman–Crippen MR) is 177 cm³/mol. The van der Waals surface area contributed by atoms with Crippen molar-refractivity contribution in [2.24, 2.45) is 17.8 Å². The smallest absolute Gasteiger partial charge is 0.330 e. The van der Waals surface area contributed by atoms with Crippen LogP contribution in [0.4, 0.5) is 0 Å². The molecule has 0 radical (unpaired) electrons. The summed E-state index contributed by atoms with van der Waals surface area (Å²) in [6.45, 7) is 34.0. The molecule has 40 heavy (non-hydrogen) atoms. The third-order valence-electron chi connectivity index (χ3n) is 9.37. The molecule has 6 atom stereocenters. The van der Waals surface area contributed by atoms with Crippen LogP contribution in [0.25, 0.3) is 0 Å². The Kier molecular flexibility index (Phi) is 16.5. The molecule has 0 aliphatic rings.